The molecule has 2 heterocycles. The number of fused-ring (bicyclic) bond motifs is 9. The Labute approximate surface area is 389 Å². The van der Waals surface area contributed by atoms with Crippen molar-refractivity contribution in [2.24, 2.45) is 0 Å². The Morgan fingerprint density at radius 3 is 1.55 bits per heavy atom. The van der Waals surface area contributed by atoms with Crippen molar-refractivity contribution < 1.29 is 9.47 Å². The normalized spacial score (nSPS) is 15.1. The second-order valence-electron chi connectivity index (χ2n) is 18.7. The topological polar surface area (TPSA) is 24.9 Å². The van der Waals surface area contributed by atoms with Gasteiger partial charge < -0.3 is 19.3 Å². The van der Waals surface area contributed by atoms with Gasteiger partial charge in [-0.05, 0) is 169 Å². The van der Waals surface area contributed by atoms with Crippen LogP contribution in [-0.2, 0) is 5.41 Å². The lowest BCUT2D eigenvalue weighted by Crippen LogP contribution is -2.16. The molecule has 0 atom stereocenters. The molecule has 10 aromatic rings. The number of hydrogen-bond acceptors (Lipinski definition) is 4. The molecule has 4 aliphatic rings. The molecule has 0 bridgehead atoms. The molecular formula is C63H44N2O2. The summed E-state index contributed by atoms with van der Waals surface area (Å²) in [5, 5.41) is 7.24. The molecule has 4 nitrogen and oxygen atoms in total. The number of para-hydroxylation sites is 8. The molecule has 0 amide bonds. The van der Waals surface area contributed by atoms with Gasteiger partial charge in [0.1, 0.15) is 0 Å². The molecular weight excluding hydrogens is 817 g/mol. The van der Waals surface area contributed by atoms with Crippen LogP contribution < -0.4 is 19.3 Å². The van der Waals surface area contributed by atoms with Crippen molar-refractivity contribution in [1.82, 2.24) is 0 Å². The summed E-state index contributed by atoms with van der Waals surface area (Å²) in [4.78, 5) is 4.74. The average molecular weight is 861 g/mol. The SMILES string of the molecule is CC1(C)C2=C(CCC=C2)c2c(-c3c4ccc(N5c6ccccc6Oc6ccccc65)cc4c(-c4ccc5ccccc5c4)c4ccc(N5c6ccccc6Oc6ccccc65)cc34)cccc21. The van der Waals surface area contributed by atoms with E-state index in [-0.39, 0.29) is 5.41 Å². The zero-order valence-corrected chi connectivity index (χ0v) is 37.3. The van der Waals surface area contributed by atoms with Gasteiger partial charge in [-0.15, -0.1) is 0 Å². The van der Waals surface area contributed by atoms with Gasteiger partial charge in [0.25, 0.3) is 0 Å². The highest BCUT2D eigenvalue weighted by atomic mass is 16.5. The van der Waals surface area contributed by atoms with E-state index >= 15 is 0 Å². The van der Waals surface area contributed by atoms with Gasteiger partial charge in [-0.3, -0.25) is 0 Å². The fourth-order valence-electron chi connectivity index (χ4n) is 11.7. The van der Waals surface area contributed by atoms with Crippen LogP contribution in [0.2, 0.25) is 0 Å². The number of rotatable bonds is 4. The highest BCUT2D eigenvalue weighted by Gasteiger charge is 2.39. The van der Waals surface area contributed by atoms with E-state index in [1.807, 2.05) is 12.1 Å². The van der Waals surface area contributed by atoms with Crippen LogP contribution in [0.1, 0.15) is 37.8 Å². The van der Waals surface area contributed by atoms with Crippen molar-refractivity contribution in [2.75, 3.05) is 9.80 Å². The summed E-state index contributed by atoms with van der Waals surface area (Å²) < 4.78 is 13.1. The second kappa shape index (κ2) is 14.3. The van der Waals surface area contributed by atoms with Crippen molar-refractivity contribution in [3.63, 3.8) is 0 Å². The monoisotopic (exact) mass is 860 g/mol. The van der Waals surface area contributed by atoms with Crippen LogP contribution in [0.3, 0.4) is 0 Å². The van der Waals surface area contributed by atoms with Crippen molar-refractivity contribution in [3.05, 3.63) is 223 Å². The Balaban J connectivity index is 1.13. The van der Waals surface area contributed by atoms with Crippen molar-refractivity contribution in [3.8, 4) is 45.3 Å². The van der Waals surface area contributed by atoms with Gasteiger partial charge in [-0.25, -0.2) is 0 Å². The van der Waals surface area contributed by atoms with E-state index in [0.29, 0.717) is 0 Å². The number of ether oxygens (including phenoxy) is 2. The largest absolute Gasteiger partial charge is 0.453 e. The lowest BCUT2D eigenvalue weighted by atomic mass is 9.79. The zero-order chi connectivity index (χ0) is 44.4. The predicted molar refractivity (Wildman–Crippen MR) is 278 cm³/mol. The number of benzene rings is 10. The Hall–Kier alpha value is -8.34. The molecule has 10 aromatic carbocycles. The van der Waals surface area contributed by atoms with Crippen LogP contribution in [0, 0.1) is 0 Å². The maximum atomic E-state index is 6.54. The molecule has 0 radical (unpaired) electrons. The van der Waals surface area contributed by atoms with Gasteiger partial charge in [0.05, 0.1) is 22.7 Å². The summed E-state index contributed by atoms with van der Waals surface area (Å²) in [5.41, 5.74) is 16.7. The Kier molecular flexibility index (Phi) is 8.12. The first kappa shape index (κ1) is 38.0. The highest BCUT2D eigenvalue weighted by molar-refractivity contribution is 6.24. The van der Waals surface area contributed by atoms with Gasteiger partial charge in [-0.2, -0.15) is 0 Å². The van der Waals surface area contributed by atoms with E-state index < -0.39 is 0 Å². The van der Waals surface area contributed by atoms with Crippen LogP contribution >= 0.6 is 0 Å². The standard InChI is InChI=1S/C63H44N2O2/c1-63(2)50-20-6-5-18-46(50)62-47(19-15-21-51(62)63)61-45-35-33-42(64-52-22-7-11-26-56(52)66-57-27-12-8-23-53(57)64)37-48(45)60(41-31-30-39-16-3-4-17-40(39)36-41)44-34-32-43(38-49(44)61)65-54-24-9-13-28-58(54)67-59-29-14-10-25-55(59)65/h3-4,6-17,19-38H,5,18H2,1-2H3. The van der Waals surface area contributed by atoms with Crippen LogP contribution in [0.5, 0.6) is 23.0 Å². The molecule has 4 heteroatoms. The maximum absolute atomic E-state index is 6.54. The number of nitrogens with zero attached hydrogens (tertiary/aromatic N) is 2. The predicted octanol–water partition coefficient (Wildman–Crippen LogP) is 18.0. The second-order valence-corrected chi connectivity index (χ2v) is 18.7. The lowest BCUT2D eigenvalue weighted by molar-refractivity contribution is 0.477. The van der Waals surface area contributed by atoms with Gasteiger partial charge >= 0.3 is 0 Å². The van der Waals surface area contributed by atoms with E-state index in [4.69, 9.17) is 9.47 Å². The third-order valence-electron chi connectivity index (χ3n) is 14.7. The van der Waals surface area contributed by atoms with Crippen LogP contribution in [0.15, 0.2) is 212 Å². The molecule has 0 N–H and O–H groups in total. The molecule has 0 saturated carbocycles. The van der Waals surface area contributed by atoms with E-state index in [2.05, 4.69) is 218 Å². The molecule has 0 aromatic heterocycles. The average Bonchev–Trinajstić information content (AvgIpc) is 3.61. The molecule has 2 aliphatic heterocycles. The Morgan fingerprint density at radius 2 is 0.955 bits per heavy atom. The van der Waals surface area contributed by atoms with Crippen molar-refractivity contribution in [2.45, 2.75) is 32.1 Å². The smallest absolute Gasteiger partial charge is 0.151 e. The molecule has 2 aliphatic carbocycles. The Morgan fingerprint density at radius 1 is 0.433 bits per heavy atom. The molecule has 0 unspecified atom stereocenters. The van der Waals surface area contributed by atoms with Gasteiger partial charge in [0.15, 0.2) is 23.0 Å². The fourth-order valence-corrected chi connectivity index (χ4v) is 11.7. The van der Waals surface area contributed by atoms with Gasteiger partial charge in [0, 0.05) is 16.8 Å². The van der Waals surface area contributed by atoms with Crippen molar-refractivity contribution in [1.29, 1.82) is 0 Å². The minimum atomic E-state index is -0.120. The molecule has 0 spiro atoms. The van der Waals surface area contributed by atoms with Crippen LogP contribution in [0.25, 0.3) is 60.1 Å². The van der Waals surface area contributed by atoms with E-state index in [9.17, 15) is 0 Å². The third-order valence-corrected chi connectivity index (χ3v) is 14.7. The first-order valence-electron chi connectivity index (χ1n) is 23.4. The summed E-state index contributed by atoms with van der Waals surface area (Å²) in [5.74, 6) is 3.34. The minimum absolute atomic E-state index is 0.120. The molecule has 14 rings (SSSR count). The summed E-state index contributed by atoms with van der Waals surface area (Å²) in [6.45, 7) is 4.81. The minimum Gasteiger partial charge on any atom is -0.453 e. The highest BCUT2D eigenvalue weighted by Crippen LogP contribution is 2.58. The van der Waals surface area contributed by atoms with E-state index in [1.165, 1.54) is 76.8 Å². The van der Waals surface area contributed by atoms with Crippen molar-refractivity contribution >= 4 is 72.0 Å². The Bertz CT molecular complexity index is 3730. The molecule has 0 fully saturated rings. The van der Waals surface area contributed by atoms with E-state index in [0.717, 1.165) is 70.0 Å². The summed E-state index contributed by atoms with van der Waals surface area (Å²) in [7, 11) is 0. The van der Waals surface area contributed by atoms with E-state index in [1.54, 1.807) is 0 Å². The number of anilines is 6. The van der Waals surface area contributed by atoms with Gasteiger partial charge in [-0.1, -0.05) is 141 Å². The fraction of sp³-hybridized carbons (Fsp3) is 0.0794. The first-order valence-corrected chi connectivity index (χ1v) is 23.4. The number of hydrogen-bond donors (Lipinski definition) is 0. The molecule has 0 saturated heterocycles. The quantitative estimate of drug-likeness (QED) is 0.165. The van der Waals surface area contributed by atoms with Gasteiger partial charge in [0.2, 0.25) is 0 Å². The summed E-state index contributed by atoms with van der Waals surface area (Å²) in [6, 6.07) is 70.5. The number of allylic oxidation sites excluding steroid dienone is 4. The van der Waals surface area contributed by atoms with Crippen LogP contribution in [-0.4, -0.2) is 0 Å². The third kappa shape index (κ3) is 5.60. The lowest BCUT2D eigenvalue weighted by Gasteiger charge is -2.33. The molecule has 67 heavy (non-hydrogen) atoms. The first-order chi connectivity index (χ1) is 33.0. The van der Waals surface area contributed by atoms with Crippen LogP contribution in [0.4, 0.5) is 34.1 Å². The summed E-state index contributed by atoms with van der Waals surface area (Å²) in [6.07, 6.45) is 6.83. The zero-order valence-electron chi connectivity index (χ0n) is 37.3. The summed E-state index contributed by atoms with van der Waals surface area (Å²) >= 11 is 0. The molecule has 318 valence electrons. The maximum Gasteiger partial charge on any atom is 0.151 e.